The topological polar surface area (TPSA) is 46.5 Å². The third kappa shape index (κ3) is 3.63. The molecule has 0 aliphatic heterocycles. The van der Waals surface area contributed by atoms with E-state index in [2.05, 4.69) is 25.1 Å². The average Bonchev–Trinajstić information content (AvgIpc) is 2.46. The van der Waals surface area contributed by atoms with E-state index in [0.717, 1.165) is 34.1 Å². The molecule has 0 fully saturated rings. The Morgan fingerprint density at radius 3 is 2.81 bits per heavy atom. The number of carboxylic acids is 1. The Labute approximate surface area is 124 Å². The molecule has 0 radical (unpaired) electrons. The molecule has 1 N–H and O–H groups in total. The summed E-state index contributed by atoms with van der Waals surface area (Å²) < 4.78 is 5.59. The normalized spacial score (nSPS) is 11.1. The minimum atomic E-state index is -0.747. The maximum Gasteiger partial charge on any atom is 0.303 e. The zero-order valence-electron chi connectivity index (χ0n) is 12.4. The summed E-state index contributed by atoms with van der Waals surface area (Å²) >= 11 is 0. The quantitative estimate of drug-likeness (QED) is 0.798. The maximum atomic E-state index is 10.5. The first-order chi connectivity index (χ1) is 10.1. The molecule has 0 aliphatic carbocycles. The number of ether oxygens (including phenoxy) is 1. The molecule has 0 saturated carbocycles. The van der Waals surface area contributed by atoms with Crippen molar-refractivity contribution in [1.29, 1.82) is 0 Å². The molecule has 0 atom stereocenters. The number of rotatable bonds is 6. The van der Waals surface area contributed by atoms with E-state index in [9.17, 15) is 4.79 Å². The van der Waals surface area contributed by atoms with Gasteiger partial charge in [-0.3, -0.25) is 4.79 Å². The standard InChI is InChI=1S/C18H20O3/c1-13-12-14-8-6-7-10-16(14)18(21-2)15(13)9-4-3-5-11-17(19)20/h4,6-10,12H,3,5,11H2,1-2H3,(H,19,20). The Kier molecular flexibility index (Phi) is 4.99. The molecular weight excluding hydrogens is 264 g/mol. The van der Waals surface area contributed by atoms with Crippen molar-refractivity contribution < 1.29 is 14.6 Å². The van der Waals surface area contributed by atoms with Crippen LogP contribution in [0.15, 0.2) is 36.4 Å². The van der Waals surface area contributed by atoms with Crippen molar-refractivity contribution in [3.05, 3.63) is 47.5 Å². The predicted molar refractivity (Wildman–Crippen MR) is 85.8 cm³/mol. The molecule has 2 rings (SSSR count). The van der Waals surface area contributed by atoms with Gasteiger partial charge in [0.25, 0.3) is 0 Å². The Bertz CT molecular complexity index is 671. The summed E-state index contributed by atoms with van der Waals surface area (Å²) in [5.74, 6) is 0.128. The summed E-state index contributed by atoms with van der Waals surface area (Å²) in [7, 11) is 1.68. The van der Waals surface area contributed by atoms with E-state index in [0.29, 0.717) is 6.42 Å². The number of carbonyl (C=O) groups is 1. The van der Waals surface area contributed by atoms with Crippen LogP contribution >= 0.6 is 0 Å². The minimum absolute atomic E-state index is 0.207. The summed E-state index contributed by atoms with van der Waals surface area (Å²) in [5, 5.41) is 10.9. The lowest BCUT2D eigenvalue weighted by atomic mass is 9.99. The second-order valence-corrected chi connectivity index (χ2v) is 5.05. The molecule has 0 bridgehead atoms. The van der Waals surface area contributed by atoms with Gasteiger partial charge in [-0.15, -0.1) is 0 Å². The Morgan fingerprint density at radius 1 is 1.33 bits per heavy atom. The molecule has 0 aromatic heterocycles. The van der Waals surface area contributed by atoms with E-state index < -0.39 is 5.97 Å². The van der Waals surface area contributed by atoms with Gasteiger partial charge in [0, 0.05) is 17.4 Å². The van der Waals surface area contributed by atoms with E-state index in [4.69, 9.17) is 9.84 Å². The molecule has 110 valence electrons. The van der Waals surface area contributed by atoms with E-state index >= 15 is 0 Å². The minimum Gasteiger partial charge on any atom is -0.495 e. The largest absolute Gasteiger partial charge is 0.495 e. The number of methoxy groups -OCH3 is 1. The van der Waals surface area contributed by atoms with Crippen molar-refractivity contribution in [3.8, 4) is 5.75 Å². The number of fused-ring (bicyclic) bond motifs is 1. The molecule has 0 amide bonds. The first-order valence-electron chi connectivity index (χ1n) is 7.08. The van der Waals surface area contributed by atoms with Crippen LogP contribution < -0.4 is 4.74 Å². The van der Waals surface area contributed by atoms with E-state index in [1.54, 1.807) is 7.11 Å². The van der Waals surface area contributed by atoms with Crippen molar-refractivity contribution in [1.82, 2.24) is 0 Å². The van der Waals surface area contributed by atoms with Crippen molar-refractivity contribution in [2.75, 3.05) is 7.11 Å². The average molecular weight is 284 g/mol. The first kappa shape index (κ1) is 15.1. The van der Waals surface area contributed by atoms with Crippen LogP contribution in [-0.4, -0.2) is 18.2 Å². The molecule has 0 aliphatic rings. The number of aryl methyl sites for hydroxylation is 1. The summed E-state index contributed by atoms with van der Waals surface area (Å²) in [6.45, 7) is 2.06. The van der Waals surface area contributed by atoms with Gasteiger partial charge in [-0.05, 0) is 30.7 Å². The summed E-state index contributed by atoms with van der Waals surface area (Å²) in [6.07, 6.45) is 5.66. The van der Waals surface area contributed by atoms with Gasteiger partial charge in [0.1, 0.15) is 5.75 Å². The summed E-state index contributed by atoms with van der Waals surface area (Å²) in [4.78, 5) is 10.5. The van der Waals surface area contributed by atoms with Gasteiger partial charge in [-0.2, -0.15) is 0 Å². The zero-order valence-corrected chi connectivity index (χ0v) is 12.4. The summed E-state index contributed by atoms with van der Waals surface area (Å²) in [5.41, 5.74) is 2.21. The highest BCUT2D eigenvalue weighted by Crippen LogP contribution is 2.33. The monoisotopic (exact) mass is 284 g/mol. The van der Waals surface area contributed by atoms with E-state index in [1.165, 1.54) is 0 Å². The number of aliphatic carboxylic acids is 1. The fourth-order valence-electron chi connectivity index (χ4n) is 2.46. The van der Waals surface area contributed by atoms with Crippen LogP contribution in [0, 0.1) is 6.92 Å². The lowest BCUT2D eigenvalue weighted by Crippen LogP contribution is -1.93. The highest BCUT2D eigenvalue weighted by molar-refractivity contribution is 5.93. The Hall–Kier alpha value is -2.29. The number of benzene rings is 2. The van der Waals surface area contributed by atoms with E-state index in [-0.39, 0.29) is 6.42 Å². The van der Waals surface area contributed by atoms with Crippen LogP contribution in [-0.2, 0) is 4.79 Å². The smallest absolute Gasteiger partial charge is 0.303 e. The Balaban J connectivity index is 2.28. The number of hydrogen-bond donors (Lipinski definition) is 1. The predicted octanol–water partition coefficient (Wildman–Crippen LogP) is 4.42. The van der Waals surface area contributed by atoms with Crippen LogP contribution in [0.3, 0.4) is 0 Å². The lowest BCUT2D eigenvalue weighted by Gasteiger charge is -2.12. The molecule has 2 aromatic carbocycles. The van der Waals surface area contributed by atoms with Gasteiger partial charge in [-0.1, -0.05) is 42.5 Å². The zero-order chi connectivity index (χ0) is 15.2. The molecule has 3 nitrogen and oxygen atoms in total. The fraction of sp³-hybridized carbons (Fsp3) is 0.278. The molecule has 0 heterocycles. The number of unbranched alkanes of at least 4 members (excludes halogenated alkanes) is 1. The van der Waals surface area contributed by atoms with Crippen LogP contribution in [0.4, 0.5) is 0 Å². The van der Waals surface area contributed by atoms with Gasteiger partial charge in [0.2, 0.25) is 0 Å². The maximum absolute atomic E-state index is 10.5. The molecule has 2 aromatic rings. The van der Waals surface area contributed by atoms with Crippen molar-refractivity contribution in [2.24, 2.45) is 0 Å². The first-order valence-corrected chi connectivity index (χ1v) is 7.08. The van der Waals surface area contributed by atoms with E-state index in [1.807, 2.05) is 24.3 Å². The van der Waals surface area contributed by atoms with Crippen molar-refractivity contribution in [3.63, 3.8) is 0 Å². The SMILES string of the molecule is COc1c(C=CCCCC(=O)O)c(C)cc2ccccc12. The van der Waals surface area contributed by atoms with Gasteiger partial charge < -0.3 is 9.84 Å². The molecule has 21 heavy (non-hydrogen) atoms. The number of hydrogen-bond acceptors (Lipinski definition) is 2. The lowest BCUT2D eigenvalue weighted by molar-refractivity contribution is -0.137. The van der Waals surface area contributed by atoms with Gasteiger partial charge in [0.05, 0.1) is 7.11 Å². The van der Waals surface area contributed by atoms with Gasteiger partial charge in [0.15, 0.2) is 0 Å². The second kappa shape index (κ2) is 6.93. The van der Waals surface area contributed by atoms with Crippen LogP contribution in [0.2, 0.25) is 0 Å². The third-order valence-electron chi connectivity index (χ3n) is 3.50. The van der Waals surface area contributed by atoms with Gasteiger partial charge in [-0.25, -0.2) is 0 Å². The molecular formula is C18H20O3. The highest BCUT2D eigenvalue weighted by Gasteiger charge is 2.09. The van der Waals surface area contributed by atoms with Crippen LogP contribution in [0.25, 0.3) is 16.8 Å². The number of allylic oxidation sites excluding steroid dienone is 1. The molecule has 0 saturated heterocycles. The third-order valence-corrected chi connectivity index (χ3v) is 3.50. The fourth-order valence-corrected chi connectivity index (χ4v) is 2.46. The molecule has 0 unspecified atom stereocenters. The Morgan fingerprint density at radius 2 is 2.10 bits per heavy atom. The van der Waals surface area contributed by atoms with Gasteiger partial charge >= 0.3 is 5.97 Å². The van der Waals surface area contributed by atoms with Crippen molar-refractivity contribution in [2.45, 2.75) is 26.2 Å². The summed E-state index contributed by atoms with van der Waals surface area (Å²) in [6, 6.07) is 10.3. The number of carboxylic acid groups (broad SMARTS) is 1. The van der Waals surface area contributed by atoms with Crippen LogP contribution in [0.5, 0.6) is 5.75 Å². The second-order valence-electron chi connectivity index (χ2n) is 5.05. The van der Waals surface area contributed by atoms with Crippen molar-refractivity contribution >= 4 is 22.8 Å². The molecule has 3 heteroatoms. The molecule has 0 spiro atoms. The van der Waals surface area contributed by atoms with Crippen LogP contribution in [0.1, 0.15) is 30.4 Å². The highest BCUT2D eigenvalue weighted by atomic mass is 16.5.